The van der Waals surface area contributed by atoms with Gasteiger partial charge in [-0.05, 0) is 28.3 Å². The van der Waals surface area contributed by atoms with E-state index in [-0.39, 0.29) is 6.61 Å². The summed E-state index contributed by atoms with van der Waals surface area (Å²) in [5, 5.41) is 12.0. The fraction of sp³-hybridized carbons (Fsp3) is 0.231. The summed E-state index contributed by atoms with van der Waals surface area (Å²) in [5.41, 5.74) is 2.71. The van der Waals surface area contributed by atoms with Gasteiger partial charge in [-0.3, -0.25) is 0 Å². The van der Waals surface area contributed by atoms with Gasteiger partial charge in [-0.1, -0.05) is 36.4 Å². The zero-order valence-corrected chi connectivity index (χ0v) is 7.90. The van der Waals surface area contributed by atoms with Gasteiger partial charge in [0.1, 0.15) is 0 Å². The summed E-state index contributed by atoms with van der Waals surface area (Å²) in [4.78, 5) is 0. The number of aliphatic hydroxyl groups is 1. The molecular formula is C13H12O. The van der Waals surface area contributed by atoms with Crippen molar-refractivity contribution in [2.75, 3.05) is 6.61 Å². The summed E-state index contributed by atoms with van der Waals surface area (Å²) in [5.74, 6) is 0.316. The monoisotopic (exact) mass is 184 g/mol. The van der Waals surface area contributed by atoms with Gasteiger partial charge < -0.3 is 5.11 Å². The Morgan fingerprint density at radius 1 is 1.14 bits per heavy atom. The van der Waals surface area contributed by atoms with Crippen molar-refractivity contribution >= 4 is 10.8 Å². The quantitative estimate of drug-likeness (QED) is 0.721. The van der Waals surface area contributed by atoms with Crippen LogP contribution in [0.2, 0.25) is 0 Å². The second kappa shape index (κ2) is 2.82. The van der Waals surface area contributed by atoms with Gasteiger partial charge in [-0.25, -0.2) is 0 Å². The molecule has 0 saturated carbocycles. The molecule has 0 fully saturated rings. The molecule has 1 aliphatic rings. The minimum absolute atomic E-state index is 0.258. The van der Waals surface area contributed by atoms with Gasteiger partial charge >= 0.3 is 0 Å². The molecule has 1 aliphatic carbocycles. The van der Waals surface area contributed by atoms with Crippen LogP contribution >= 0.6 is 0 Å². The molecule has 2 aromatic carbocycles. The highest BCUT2D eigenvalue weighted by Crippen LogP contribution is 2.37. The van der Waals surface area contributed by atoms with E-state index in [2.05, 4.69) is 36.4 Å². The lowest BCUT2D eigenvalue weighted by atomic mass is 10.0. The summed E-state index contributed by atoms with van der Waals surface area (Å²) >= 11 is 0. The first-order valence-electron chi connectivity index (χ1n) is 5.01. The highest BCUT2D eigenvalue weighted by Gasteiger charge is 2.22. The Labute approximate surface area is 83.0 Å². The Balaban J connectivity index is 2.38. The third-order valence-electron chi connectivity index (χ3n) is 3.15. The topological polar surface area (TPSA) is 20.2 Å². The van der Waals surface area contributed by atoms with Gasteiger partial charge in [0.25, 0.3) is 0 Å². The first-order valence-corrected chi connectivity index (χ1v) is 5.01. The molecule has 1 nitrogen and oxygen atoms in total. The van der Waals surface area contributed by atoms with Crippen LogP contribution in [0.5, 0.6) is 0 Å². The van der Waals surface area contributed by atoms with Crippen molar-refractivity contribution in [3.05, 3.63) is 47.5 Å². The molecular weight excluding hydrogens is 172 g/mol. The third-order valence-corrected chi connectivity index (χ3v) is 3.15. The average Bonchev–Trinajstić information content (AvgIpc) is 2.60. The molecule has 1 atom stereocenters. The molecule has 0 heterocycles. The maximum absolute atomic E-state index is 9.29. The maximum atomic E-state index is 9.29. The van der Waals surface area contributed by atoms with Crippen LogP contribution in [0.3, 0.4) is 0 Å². The minimum atomic E-state index is 0.258. The first-order chi connectivity index (χ1) is 6.90. The van der Waals surface area contributed by atoms with E-state index in [1.165, 1.54) is 21.9 Å². The van der Waals surface area contributed by atoms with Gasteiger partial charge in [-0.2, -0.15) is 0 Å². The van der Waals surface area contributed by atoms with Crippen LogP contribution in [-0.4, -0.2) is 11.7 Å². The molecule has 0 bridgehead atoms. The van der Waals surface area contributed by atoms with Crippen molar-refractivity contribution in [1.82, 2.24) is 0 Å². The molecule has 1 heteroatoms. The van der Waals surface area contributed by atoms with Crippen LogP contribution in [0.4, 0.5) is 0 Å². The Bertz CT molecular complexity index is 482. The van der Waals surface area contributed by atoms with E-state index in [1.54, 1.807) is 0 Å². The SMILES string of the molecule is OCC1Cc2cccc3cccc1c23. The molecule has 0 aromatic heterocycles. The average molecular weight is 184 g/mol. The summed E-state index contributed by atoms with van der Waals surface area (Å²) in [6.07, 6.45) is 0.993. The Morgan fingerprint density at radius 3 is 2.71 bits per heavy atom. The molecule has 3 rings (SSSR count). The van der Waals surface area contributed by atoms with E-state index >= 15 is 0 Å². The van der Waals surface area contributed by atoms with Crippen molar-refractivity contribution < 1.29 is 5.11 Å². The lowest BCUT2D eigenvalue weighted by Crippen LogP contribution is -2.00. The van der Waals surface area contributed by atoms with Crippen LogP contribution in [0, 0.1) is 0 Å². The van der Waals surface area contributed by atoms with E-state index in [0.717, 1.165) is 6.42 Å². The normalized spacial score (nSPS) is 19.1. The van der Waals surface area contributed by atoms with E-state index < -0.39 is 0 Å². The summed E-state index contributed by atoms with van der Waals surface area (Å²) < 4.78 is 0. The molecule has 0 spiro atoms. The van der Waals surface area contributed by atoms with Crippen LogP contribution in [0.1, 0.15) is 17.0 Å². The maximum Gasteiger partial charge on any atom is 0.0503 e. The third kappa shape index (κ3) is 0.933. The Kier molecular flexibility index (Phi) is 1.62. The fourth-order valence-corrected chi connectivity index (χ4v) is 2.50. The Hall–Kier alpha value is -1.34. The van der Waals surface area contributed by atoms with Crippen molar-refractivity contribution in [1.29, 1.82) is 0 Å². The number of rotatable bonds is 1. The van der Waals surface area contributed by atoms with Crippen LogP contribution in [0.25, 0.3) is 10.8 Å². The van der Waals surface area contributed by atoms with Gasteiger partial charge in [0.15, 0.2) is 0 Å². The highest BCUT2D eigenvalue weighted by molar-refractivity contribution is 5.91. The van der Waals surface area contributed by atoms with Gasteiger partial charge in [0.05, 0.1) is 6.61 Å². The molecule has 0 aliphatic heterocycles. The molecule has 70 valence electrons. The van der Waals surface area contributed by atoms with Crippen LogP contribution in [-0.2, 0) is 6.42 Å². The van der Waals surface area contributed by atoms with E-state index in [9.17, 15) is 5.11 Å². The predicted molar refractivity (Wildman–Crippen MR) is 57.5 cm³/mol. The fourth-order valence-electron chi connectivity index (χ4n) is 2.50. The number of aliphatic hydroxyl groups excluding tert-OH is 1. The Morgan fingerprint density at radius 2 is 1.93 bits per heavy atom. The first kappa shape index (κ1) is 8.01. The second-order valence-corrected chi connectivity index (χ2v) is 3.95. The smallest absolute Gasteiger partial charge is 0.0503 e. The lowest BCUT2D eigenvalue weighted by Gasteiger charge is -2.06. The second-order valence-electron chi connectivity index (χ2n) is 3.95. The largest absolute Gasteiger partial charge is 0.396 e. The number of benzene rings is 2. The summed E-state index contributed by atoms with van der Waals surface area (Å²) in [6, 6.07) is 12.8. The van der Waals surface area contributed by atoms with E-state index in [1.807, 2.05) is 0 Å². The molecule has 1 unspecified atom stereocenters. The molecule has 2 aromatic rings. The van der Waals surface area contributed by atoms with Crippen LogP contribution in [0.15, 0.2) is 36.4 Å². The van der Waals surface area contributed by atoms with Crippen LogP contribution < -0.4 is 0 Å². The van der Waals surface area contributed by atoms with Gasteiger partial charge in [-0.15, -0.1) is 0 Å². The van der Waals surface area contributed by atoms with Gasteiger partial charge in [0.2, 0.25) is 0 Å². The zero-order chi connectivity index (χ0) is 9.54. The molecule has 14 heavy (non-hydrogen) atoms. The lowest BCUT2D eigenvalue weighted by molar-refractivity contribution is 0.267. The summed E-state index contributed by atoms with van der Waals surface area (Å²) in [7, 11) is 0. The molecule has 0 saturated heterocycles. The molecule has 0 radical (unpaired) electrons. The van der Waals surface area contributed by atoms with Crippen molar-refractivity contribution in [3.63, 3.8) is 0 Å². The molecule has 0 amide bonds. The molecule has 1 N–H and O–H groups in total. The van der Waals surface area contributed by atoms with Crippen molar-refractivity contribution in [2.45, 2.75) is 12.3 Å². The van der Waals surface area contributed by atoms with Gasteiger partial charge in [0, 0.05) is 5.92 Å². The number of hydrogen-bond donors (Lipinski definition) is 1. The van der Waals surface area contributed by atoms with Crippen molar-refractivity contribution in [3.8, 4) is 0 Å². The van der Waals surface area contributed by atoms with E-state index in [0.29, 0.717) is 5.92 Å². The summed E-state index contributed by atoms with van der Waals surface area (Å²) in [6.45, 7) is 0.258. The zero-order valence-electron chi connectivity index (χ0n) is 7.90. The minimum Gasteiger partial charge on any atom is -0.396 e. The van der Waals surface area contributed by atoms with E-state index in [4.69, 9.17) is 0 Å². The van der Waals surface area contributed by atoms with Crippen molar-refractivity contribution in [2.24, 2.45) is 0 Å². The number of hydrogen-bond acceptors (Lipinski definition) is 1. The highest BCUT2D eigenvalue weighted by atomic mass is 16.3. The standard InChI is InChI=1S/C13H12O/c14-8-11-7-10-5-1-3-9-4-2-6-12(11)13(9)10/h1-6,11,14H,7-8H2. The predicted octanol–water partition coefficient (Wildman–Crippen LogP) is 2.47.